The molecule has 5 heteroatoms. The minimum absolute atomic E-state index is 0.0799. The van der Waals surface area contributed by atoms with Crippen molar-refractivity contribution in [3.8, 4) is 0 Å². The summed E-state index contributed by atoms with van der Waals surface area (Å²) in [6, 6.07) is 12.3. The Kier molecular flexibility index (Phi) is 4.81. The molecule has 3 nitrogen and oxygen atoms in total. The van der Waals surface area contributed by atoms with E-state index in [9.17, 15) is 4.79 Å². The molecule has 1 aromatic heterocycles. The highest BCUT2D eigenvalue weighted by molar-refractivity contribution is 8.16. The average Bonchev–Trinajstić information content (AvgIpc) is 3.44. The molecule has 1 saturated heterocycles. The van der Waals surface area contributed by atoms with Crippen LogP contribution < -0.4 is 5.32 Å². The van der Waals surface area contributed by atoms with Crippen LogP contribution in [0.25, 0.3) is 0 Å². The van der Waals surface area contributed by atoms with Crippen molar-refractivity contribution in [3.63, 3.8) is 0 Å². The summed E-state index contributed by atoms with van der Waals surface area (Å²) in [6.07, 6.45) is 5.86. The van der Waals surface area contributed by atoms with Gasteiger partial charge in [-0.3, -0.25) is 9.78 Å². The molecule has 0 radical (unpaired) electrons. The van der Waals surface area contributed by atoms with Crippen LogP contribution in [-0.2, 0) is 4.79 Å². The highest BCUT2D eigenvalue weighted by atomic mass is 32.2. The van der Waals surface area contributed by atoms with Gasteiger partial charge < -0.3 is 5.32 Å². The van der Waals surface area contributed by atoms with Gasteiger partial charge in [-0.05, 0) is 59.6 Å². The molecule has 2 atom stereocenters. The van der Waals surface area contributed by atoms with E-state index in [-0.39, 0.29) is 11.8 Å². The van der Waals surface area contributed by atoms with Crippen molar-refractivity contribution in [3.05, 3.63) is 59.9 Å². The summed E-state index contributed by atoms with van der Waals surface area (Å²) in [5.74, 6) is 2.99. The molecule has 2 heterocycles. The van der Waals surface area contributed by atoms with Crippen LogP contribution in [-0.4, -0.2) is 22.4 Å². The van der Waals surface area contributed by atoms with Crippen LogP contribution in [0, 0.1) is 5.92 Å². The summed E-state index contributed by atoms with van der Waals surface area (Å²) in [4.78, 5) is 16.7. The van der Waals surface area contributed by atoms with Gasteiger partial charge >= 0.3 is 0 Å². The largest absolute Gasteiger partial charge is 0.326 e. The first-order chi connectivity index (χ1) is 11.8. The van der Waals surface area contributed by atoms with Gasteiger partial charge in [-0.2, -0.15) is 0 Å². The number of pyridine rings is 1. The first kappa shape index (κ1) is 16.0. The van der Waals surface area contributed by atoms with Crippen LogP contribution in [0.1, 0.15) is 34.5 Å². The molecule has 0 unspecified atom stereocenters. The fourth-order valence-electron chi connectivity index (χ4n) is 3.13. The molecule has 1 saturated carbocycles. The summed E-state index contributed by atoms with van der Waals surface area (Å²) in [6.45, 7) is 0. The first-order valence-electron chi connectivity index (χ1n) is 8.35. The molecule has 2 fully saturated rings. The Morgan fingerprint density at radius 1 is 1.12 bits per heavy atom. The van der Waals surface area contributed by atoms with Gasteiger partial charge in [-0.1, -0.05) is 18.2 Å². The van der Waals surface area contributed by atoms with Crippen LogP contribution in [0.15, 0.2) is 48.8 Å². The molecule has 124 valence electrons. The molecular weight excluding hydrogens is 336 g/mol. The molecule has 0 spiro atoms. The maximum atomic E-state index is 12.5. The van der Waals surface area contributed by atoms with E-state index in [0.717, 1.165) is 12.1 Å². The van der Waals surface area contributed by atoms with Crippen LogP contribution in [0.5, 0.6) is 0 Å². The molecule has 0 bridgehead atoms. The fraction of sp³-hybridized carbons (Fsp3) is 0.368. The van der Waals surface area contributed by atoms with Gasteiger partial charge in [0.05, 0.1) is 4.58 Å². The Hall–Kier alpha value is -1.46. The number of carbonyl (C=O) groups excluding carboxylic acids is 1. The summed E-state index contributed by atoms with van der Waals surface area (Å²) >= 11 is 4.01. The van der Waals surface area contributed by atoms with Gasteiger partial charge in [0.1, 0.15) is 0 Å². The lowest BCUT2D eigenvalue weighted by atomic mass is 10.1. The van der Waals surface area contributed by atoms with Crippen molar-refractivity contribution < 1.29 is 4.79 Å². The molecule has 24 heavy (non-hydrogen) atoms. The van der Waals surface area contributed by atoms with Crippen molar-refractivity contribution in [2.45, 2.75) is 23.3 Å². The van der Waals surface area contributed by atoms with Gasteiger partial charge in [0.2, 0.25) is 5.91 Å². The van der Waals surface area contributed by atoms with Crippen molar-refractivity contribution in [2.75, 3.05) is 16.8 Å². The van der Waals surface area contributed by atoms with Crippen molar-refractivity contribution in [1.29, 1.82) is 0 Å². The second kappa shape index (κ2) is 7.19. The Balaban J connectivity index is 1.40. The third-order valence-electron chi connectivity index (χ3n) is 4.49. The number of nitrogens with zero attached hydrogens (tertiary/aromatic N) is 1. The highest BCUT2D eigenvalue weighted by Crippen LogP contribution is 2.48. The minimum Gasteiger partial charge on any atom is -0.326 e. The van der Waals surface area contributed by atoms with E-state index < -0.39 is 0 Å². The number of amides is 1. The third kappa shape index (κ3) is 3.62. The Labute approximate surface area is 151 Å². The minimum atomic E-state index is 0.0799. The molecule has 1 aliphatic carbocycles. The van der Waals surface area contributed by atoms with Crippen LogP contribution in [0.4, 0.5) is 5.69 Å². The van der Waals surface area contributed by atoms with Crippen molar-refractivity contribution in [2.24, 2.45) is 5.92 Å². The number of carbonyl (C=O) groups is 1. The highest BCUT2D eigenvalue weighted by Gasteiger charge is 2.44. The third-order valence-corrected chi connectivity index (χ3v) is 7.51. The lowest BCUT2D eigenvalue weighted by molar-refractivity contribution is -0.117. The smallest absolute Gasteiger partial charge is 0.228 e. The van der Waals surface area contributed by atoms with E-state index in [1.165, 1.54) is 29.1 Å². The maximum Gasteiger partial charge on any atom is 0.228 e. The maximum absolute atomic E-state index is 12.5. The lowest BCUT2D eigenvalue weighted by Crippen LogP contribution is -2.14. The number of hydrogen-bond acceptors (Lipinski definition) is 4. The zero-order valence-electron chi connectivity index (χ0n) is 13.4. The second-order valence-corrected chi connectivity index (χ2v) is 9.00. The molecule has 1 amide bonds. The average molecular weight is 357 g/mol. The lowest BCUT2D eigenvalue weighted by Gasteiger charge is -2.21. The van der Waals surface area contributed by atoms with Gasteiger partial charge in [0.15, 0.2) is 0 Å². The Bertz CT molecular complexity index is 716. The zero-order chi connectivity index (χ0) is 16.4. The van der Waals surface area contributed by atoms with Crippen molar-refractivity contribution >= 4 is 35.1 Å². The fourth-order valence-corrected chi connectivity index (χ4v) is 6.00. The van der Waals surface area contributed by atoms with Crippen LogP contribution >= 0.6 is 23.5 Å². The Morgan fingerprint density at radius 3 is 2.75 bits per heavy atom. The van der Waals surface area contributed by atoms with Crippen molar-refractivity contribution in [1.82, 2.24) is 4.98 Å². The first-order valence-corrected chi connectivity index (χ1v) is 10.4. The van der Waals surface area contributed by atoms with E-state index in [4.69, 9.17) is 0 Å². The summed E-state index contributed by atoms with van der Waals surface area (Å²) < 4.78 is 0.500. The molecule has 4 rings (SSSR count). The van der Waals surface area contributed by atoms with E-state index in [2.05, 4.69) is 28.5 Å². The quantitative estimate of drug-likeness (QED) is 0.863. The summed E-state index contributed by atoms with van der Waals surface area (Å²) in [5, 5.41) is 3.11. The molecule has 1 aromatic carbocycles. The van der Waals surface area contributed by atoms with E-state index >= 15 is 0 Å². The van der Waals surface area contributed by atoms with E-state index in [0.29, 0.717) is 10.5 Å². The van der Waals surface area contributed by atoms with Gasteiger partial charge in [0, 0.05) is 24.0 Å². The molecule has 1 aliphatic heterocycles. The molecule has 2 aromatic rings. The van der Waals surface area contributed by atoms with Gasteiger partial charge in [0.25, 0.3) is 0 Å². The van der Waals surface area contributed by atoms with E-state index in [1.807, 2.05) is 47.9 Å². The normalized spacial score (nSPS) is 23.7. The molecule has 1 N–H and O–H groups in total. The number of benzene rings is 1. The zero-order valence-corrected chi connectivity index (χ0v) is 15.0. The number of thioether (sulfide) groups is 2. The number of anilines is 1. The predicted molar refractivity (Wildman–Crippen MR) is 102 cm³/mol. The van der Waals surface area contributed by atoms with Gasteiger partial charge in [-0.25, -0.2) is 0 Å². The number of nitrogens with one attached hydrogen (secondary N) is 1. The topological polar surface area (TPSA) is 42.0 Å². The predicted octanol–water partition coefficient (Wildman–Crippen LogP) is 4.69. The standard InChI is InChI=1S/C19H20N2OS2/c22-18(17-11-16(17)14-5-2-7-20-12-14)21-15-6-1-4-13(10-15)19-23-8-3-9-24-19/h1-2,4-7,10,12,16-17,19H,3,8-9,11H2,(H,21,22)/t16-,17+/m0/s1. The Morgan fingerprint density at radius 2 is 1.96 bits per heavy atom. The monoisotopic (exact) mass is 356 g/mol. The number of rotatable bonds is 4. The molecule has 2 aliphatic rings. The number of aromatic nitrogens is 1. The second-order valence-electron chi connectivity index (χ2n) is 6.28. The van der Waals surface area contributed by atoms with Gasteiger partial charge in [-0.15, -0.1) is 23.5 Å². The number of hydrogen-bond donors (Lipinski definition) is 1. The SMILES string of the molecule is O=C(Nc1cccc(C2SCCCS2)c1)[C@@H]1C[C@H]1c1cccnc1. The van der Waals surface area contributed by atoms with E-state index in [1.54, 1.807) is 6.20 Å². The summed E-state index contributed by atoms with van der Waals surface area (Å²) in [7, 11) is 0. The molecular formula is C19H20N2OS2. The summed E-state index contributed by atoms with van der Waals surface area (Å²) in [5.41, 5.74) is 3.39. The van der Waals surface area contributed by atoms with Crippen LogP contribution in [0.3, 0.4) is 0 Å². The van der Waals surface area contributed by atoms with Crippen LogP contribution in [0.2, 0.25) is 0 Å².